The summed E-state index contributed by atoms with van der Waals surface area (Å²) in [7, 11) is 0. The van der Waals surface area contributed by atoms with Crippen molar-refractivity contribution < 1.29 is 10.0 Å². The summed E-state index contributed by atoms with van der Waals surface area (Å²) in [4.78, 5) is 14.3. The lowest BCUT2D eigenvalue weighted by atomic mass is 10.3. The molecule has 0 fully saturated rings. The van der Waals surface area contributed by atoms with E-state index >= 15 is 0 Å². The van der Waals surface area contributed by atoms with Gasteiger partial charge in [0.2, 0.25) is 0 Å². The molecular formula is C10H15N3O2S. The number of amidine groups is 1. The number of oxime groups is 1. The molecule has 1 amide bonds. The quantitative estimate of drug-likeness (QED) is 0.353. The highest BCUT2D eigenvalue weighted by molar-refractivity contribution is 7.12. The van der Waals surface area contributed by atoms with Crippen LogP contribution in [0.4, 0.5) is 0 Å². The largest absolute Gasteiger partial charge is 0.409 e. The minimum Gasteiger partial charge on any atom is -0.409 e. The summed E-state index contributed by atoms with van der Waals surface area (Å²) >= 11 is 1.41. The highest BCUT2D eigenvalue weighted by atomic mass is 32.1. The van der Waals surface area contributed by atoms with Gasteiger partial charge in [0.05, 0.1) is 4.88 Å². The Morgan fingerprint density at radius 1 is 1.69 bits per heavy atom. The standard InChI is InChI=1S/C10H15N3O2S/c1-2-13(6-5-9(11)12-15)10(14)8-4-3-7-16-8/h3-4,7,15H,2,5-6H2,1H3,(H2,11,12). The zero-order chi connectivity index (χ0) is 12.0. The van der Waals surface area contributed by atoms with Crippen LogP contribution in [0.2, 0.25) is 0 Å². The van der Waals surface area contributed by atoms with Crippen molar-refractivity contribution in [3.05, 3.63) is 22.4 Å². The van der Waals surface area contributed by atoms with Crippen molar-refractivity contribution in [3.8, 4) is 0 Å². The van der Waals surface area contributed by atoms with Crippen LogP contribution in [0.25, 0.3) is 0 Å². The van der Waals surface area contributed by atoms with Crippen molar-refractivity contribution in [2.24, 2.45) is 10.9 Å². The molecule has 1 rings (SSSR count). The molecule has 0 saturated heterocycles. The maximum absolute atomic E-state index is 11.9. The molecular weight excluding hydrogens is 226 g/mol. The number of carbonyl (C=O) groups excluding carboxylic acids is 1. The highest BCUT2D eigenvalue weighted by Gasteiger charge is 2.14. The molecule has 0 aliphatic heterocycles. The van der Waals surface area contributed by atoms with Gasteiger partial charge in [-0.2, -0.15) is 0 Å². The molecule has 0 atom stereocenters. The van der Waals surface area contributed by atoms with E-state index in [2.05, 4.69) is 5.16 Å². The summed E-state index contributed by atoms with van der Waals surface area (Å²) in [6.45, 7) is 2.97. The van der Waals surface area contributed by atoms with E-state index in [9.17, 15) is 4.79 Å². The van der Waals surface area contributed by atoms with E-state index in [0.717, 1.165) is 0 Å². The van der Waals surface area contributed by atoms with Gasteiger partial charge in [0.25, 0.3) is 5.91 Å². The molecule has 1 heterocycles. The monoisotopic (exact) mass is 241 g/mol. The molecule has 0 saturated carbocycles. The summed E-state index contributed by atoms with van der Waals surface area (Å²) < 4.78 is 0. The molecule has 0 bridgehead atoms. The van der Waals surface area contributed by atoms with E-state index in [1.165, 1.54) is 11.3 Å². The van der Waals surface area contributed by atoms with Crippen LogP contribution in [0.3, 0.4) is 0 Å². The summed E-state index contributed by atoms with van der Waals surface area (Å²) in [5.74, 6) is 0.126. The lowest BCUT2D eigenvalue weighted by molar-refractivity contribution is 0.0773. The summed E-state index contributed by atoms with van der Waals surface area (Å²) in [6.07, 6.45) is 0.376. The predicted molar refractivity (Wildman–Crippen MR) is 63.9 cm³/mol. The first kappa shape index (κ1) is 12.5. The van der Waals surface area contributed by atoms with E-state index in [4.69, 9.17) is 10.9 Å². The van der Waals surface area contributed by atoms with Gasteiger partial charge in [0.15, 0.2) is 0 Å². The number of rotatable bonds is 5. The average molecular weight is 241 g/mol. The molecule has 0 radical (unpaired) electrons. The van der Waals surface area contributed by atoms with Crippen LogP contribution < -0.4 is 5.73 Å². The SMILES string of the molecule is CCN(CCC(N)=NO)C(=O)c1cccs1. The van der Waals surface area contributed by atoms with Gasteiger partial charge in [-0.25, -0.2) is 0 Å². The zero-order valence-electron chi connectivity index (χ0n) is 9.09. The van der Waals surface area contributed by atoms with Crippen LogP contribution in [0.1, 0.15) is 23.0 Å². The topological polar surface area (TPSA) is 78.9 Å². The average Bonchev–Trinajstić information content (AvgIpc) is 2.82. The zero-order valence-corrected chi connectivity index (χ0v) is 9.91. The van der Waals surface area contributed by atoms with Crippen LogP contribution in [0, 0.1) is 0 Å². The third-order valence-electron chi connectivity index (χ3n) is 2.17. The molecule has 0 aliphatic carbocycles. The fourth-order valence-electron chi connectivity index (χ4n) is 1.26. The number of nitrogens with zero attached hydrogens (tertiary/aromatic N) is 2. The molecule has 0 aliphatic rings. The number of hydrogen-bond donors (Lipinski definition) is 2. The summed E-state index contributed by atoms with van der Waals surface area (Å²) in [5.41, 5.74) is 5.36. The third kappa shape index (κ3) is 3.23. The number of thiophene rings is 1. The predicted octanol–water partition coefficient (Wildman–Crippen LogP) is 1.35. The number of amides is 1. The Morgan fingerprint density at radius 3 is 2.94 bits per heavy atom. The van der Waals surface area contributed by atoms with Crippen LogP contribution in [0.15, 0.2) is 22.7 Å². The Hall–Kier alpha value is -1.56. The Kier molecular flexibility index (Phi) is 4.78. The first-order valence-corrected chi connectivity index (χ1v) is 5.86. The van der Waals surface area contributed by atoms with Crippen LogP contribution in [-0.2, 0) is 0 Å². The van der Waals surface area contributed by atoms with Gasteiger partial charge >= 0.3 is 0 Å². The number of hydrogen-bond acceptors (Lipinski definition) is 4. The molecule has 0 spiro atoms. The molecule has 0 aromatic carbocycles. The highest BCUT2D eigenvalue weighted by Crippen LogP contribution is 2.12. The van der Waals surface area contributed by atoms with Crippen molar-refractivity contribution in [2.75, 3.05) is 13.1 Å². The second kappa shape index (κ2) is 6.12. The first-order chi connectivity index (χ1) is 7.69. The van der Waals surface area contributed by atoms with Crippen molar-refractivity contribution in [2.45, 2.75) is 13.3 Å². The molecule has 5 nitrogen and oxygen atoms in total. The number of nitrogens with two attached hydrogens (primary N) is 1. The van der Waals surface area contributed by atoms with E-state index in [1.807, 2.05) is 18.4 Å². The van der Waals surface area contributed by atoms with Crippen molar-refractivity contribution in [1.29, 1.82) is 0 Å². The molecule has 1 aromatic heterocycles. The summed E-state index contributed by atoms with van der Waals surface area (Å²) in [5, 5.41) is 13.1. The molecule has 3 N–H and O–H groups in total. The fourth-order valence-corrected chi connectivity index (χ4v) is 1.95. The van der Waals surface area contributed by atoms with Crippen LogP contribution in [0.5, 0.6) is 0 Å². The van der Waals surface area contributed by atoms with Crippen LogP contribution >= 0.6 is 11.3 Å². The summed E-state index contributed by atoms with van der Waals surface area (Å²) in [6, 6.07) is 3.63. The van der Waals surface area contributed by atoms with Gasteiger partial charge < -0.3 is 15.8 Å². The van der Waals surface area contributed by atoms with Crippen molar-refractivity contribution >= 4 is 23.1 Å². The minimum atomic E-state index is -0.0109. The first-order valence-electron chi connectivity index (χ1n) is 4.98. The van der Waals surface area contributed by atoms with E-state index < -0.39 is 0 Å². The van der Waals surface area contributed by atoms with Gasteiger partial charge in [0.1, 0.15) is 5.84 Å². The Bertz CT molecular complexity index is 362. The van der Waals surface area contributed by atoms with Gasteiger partial charge in [-0.1, -0.05) is 11.2 Å². The Labute approximate surface area is 98.2 Å². The smallest absolute Gasteiger partial charge is 0.263 e. The molecule has 0 unspecified atom stereocenters. The minimum absolute atomic E-state index is 0.0109. The van der Waals surface area contributed by atoms with E-state index in [1.54, 1.807) is 11.0 Å². The third-order valence-corrected chi connectivity index (χ3v) is 3.03. The Morgan fingerprint density at radius 2 is 2.44 bits per heavy atom. The second-order valence-electron chi connectivity index (χ2n) is 3.20. The number of carbonyl (C=O) groups is 1. The maximum atomic E-state index is 11.9. The van der Waals surface area contributed by atoms with Crippen molar-refractivity contribution in [3.63, 3.8) is 0 Å². The van der Waals surface area contributed by atoms with Crippen molar-refractivity contribution in [1.82, 2.24) is 4.90 Å². The van der Waals surface area contributed by atoms with Gasteiger partial charge in [-0.3, -0.25) is 4.79 Å². The molecule has 1 aromatic rings. The normalized spacial score (nSPS) is 11.4. The van der Waals surface area contributed by atoms with Gasteiger partial charge in [-0.15, -0.1) is 11.3 Å². The second-order valence-corrected chi connectivity index (χ2v) is 4.15. The Balaban J connectivity index is 2.58. The lowest BCUT2D eigenvalue weighted by Gasteiger charge is -2.19. The maximum Gasteiger partial charge on any atom is 0.263 e. The van der Waals surface area contributed by atoms with Crippen LogP contribution in [-0.4, -0.2) is 34.9 Å². The molecule has 16 heavy (non-hydrogen) atoms. The van der Waals surface area contributed by atoms with E-state index in [-0.39, 0.29) is 11.7 Å². The van der Waals surface area contributed by atoms with E-state index in [0.29, 0.717) is 24.4 Å². The molecule has 6 heteroatoms. The molecule has 88 valence electrons. The van der Waals surface area contributed by atoms with Gasteiger partial charge in [0, 0.05) is 19.5 Å². The fraction of sp³-hybridized carbons (Fsp3) is 0.400. The lowest BCUT2D eigenvalue weighted by Crippen LogP contribution is -2.33. The van der Waals surface area contributed by atoms with Gasteiger partial charge in [-0.05, 0) is 18.4 Å².